The molecule has 4 N–H and O–H groups in total. The Kier molecular flexibility index (Phi) is 7.60. The normalized spacial score (nSPS) is 25.4. The van der Waals surface area contributed by atoms with Crippen molar-refractivity contribution in [2.75, 3.05) is 6.61 Å². The number of hydrogen-bond acceptors (Lipinski definition) is 9. The smallest absolute Gasteiger partial charge is 0.330 e. The van der Waals surface area contributed by atoms with Gasteiger partial charge in [0, 0.05) is 11.6 Å². The minimum atomic E-state index is -1.60. The van der Waals surface area contributed by atoms with Gasteiger partial charge in [-0.2, -0.15) is 0 Å². The largest absolute Gasteiger partial charge is 0.508 e. The third-order valence-electron chi connectivity index (χ3n) is 4.88. The Labute approximate surface area is 184 Å². The molecule has 0 radical (unpaired) electrons. The van der Waals surface area contributed by atoms with Gasteiger partial charge in [0.2, 0.25) is 6.29 Å². The monoisotopic (exact) mass is 444 g/mol. The van der Waals surface area contributed by atoms with Crippen LogP contribution in [0.15, 0.2) is 54.6 Å². The second-order valence-corrected chi connectivity index (χ2v) is 7.27. The highest BCUT2D eigenvalue weighted by atomic mass is 16.7. The average molecular weight is 444 g/mol. The summed E-state index contributed by atoms with van der Waals surface area (Å²) in [6.45, 7) is 1.03. The highest BCUT2D eigenvalue weighted by molar-refractivity contribution is 5.94. The van der Waals surface area contributed by atoms with Gasteiger partial charge in [0.15, 0.2) is 5.78 Å². The van der Waals surface area contributed by atoms with Crippen LogP contribution in [0.1, 0.15) is 22.8 Å². The van der Waals surface area contributed by atoms with Gasteiger partial charge in [-0.3, -0.25) is 4.79 Å². The SMILES string of the molecule is CC(=O)c1ccc(OC2OC(COC(=O)C=Cc3ccc(O)cc3)C(O)C(O)C2O)cc1. The number of carbonyl (C=O) groups excluding carboxylic acids is 2. The van der Waals surface area contributed by atoms with Crippen molar-refractivity contribution in [2.45, 2.75) is 37.6 Å². The molecule has 0 amide bonds. The van der Waals surface area contributed by atoms with E-state index in [-0.39, 0.29) is 17.3 Å². The number of ether oxygens (including phenoxy) is 3. The van der Waals surface area contributed by atoms with Crippen molar-refractivity contribution in [1.82, 2.24) is 0 Å². The van der Waals surface area contributed by atoms with Gasteiger partial charge in [0.1, 0.15) is 42.5 Å². The average Bonchev–Trinajstić information content (AvgIpc) is 2.78. The molecule has 0 aromatic heterocycles. The number of aliphatic hydroxyl groups is 3. The van der Waals surface area contributed by atoms with Crippen molar-refractivity contribution < 1.29 is 44.2 Å². The fraction of sp³-hybridized carbons (Fsp3) is 0.304. The van der Waals surface area contributed by atoms with Crippen molar-refractivity contribution in [3.63, 3.8) is 0 Å². The maximum atomic E-state index is 12.0. The lowest BCUT2D eigenvalue weighted by Gasteiger charge is -2.39. The van der Waals surface area contributed by atoms with E-state index in [1.54, 1.807) is 12.1 Å². The summed E-state index contributed by atoms with van der Waals surface area (Å²) in [6, 6.07) is 12.2. The molecule has 1 fully saturated rings. The predicted molar refractivity (Wildman–Crippen MR) is 112 cm³/mol. The number of carbonyl (C=O) groups is 2. The number of Topliss-reactive ketones (excluding diaryl/α,β-unsaturated/α-hetero) is 1. The number of rotatable bonds is 7. The quantitative estimate of drug-likeness (QED) is 0.280. The topological polar surface area (TPSA) is 143 Å². The number of benzene rings is 2. The Bertz CT molecular complexity index is 952. The minimum absolute atomic E-state index is 0.0977. The zero-order chi connectivity index (χ0) is 23.3. The molecule has 1 aliphatic rings. The van der Waals surface area contributed by atoms with Crippen LogP contribution in [-0.4, -0.2) is 69.5 Å². The van der Waals surface area contributed by atoms with Gasteiger partial charge in [-0.05, 0) is 55.0 Å². The minimum Gasteiger partial charge on any atom is -0.508 e. The Balaban J connectivity index is 1.58. The van der Waals surface area contributed by atoms with E-state index in [1.807, 2.05) is 0 Å². The second-order valence-electron chi connectivity index (χ2n) is 7.27. The van der Waals surface area contributed by atoms with Gasteiger partial charge in [0.05, 0.1) is 0 Å². The van der Waals surface area contributed by atoms with E-state index in [1.165, 1.54) is 49.4 Å². The Morgan fingerprint density at radius 1 is 0.969 bits per heavy atom. The van der Waals surface area contributed by atoms with Crippen molar-refractivity contribution >= 4 is 17.8 Å². The van der Waals surface area contributed by atoms with Gasteiger partial charge in [-0.15, -0.1) is 0 Å². The summed E-state index contributed by atoms with van der Waals surface area (Å²) in [4.78, 5) is 23.3. The van der Waals surface area contributed by atoms with Gasteiger partial charge >= 0.3 is 5.97 Å². The molecule has 170 valence electrons. The van der Waals surface area contributed by atoms with Crippen LogP contribution in [-0.2, 0) is 14.3 Å². The van der Waals surface area contributed by atoms with Gasteiger partial charge in [0.25, 0.3) is 0 Å². The molecule has 2 aromatic carbocycles. The zero-order valence-electron chi connectivity index (χ0n) is 17.2. The molecule has 1 heterocycles. The standard InChI is InChI=1S/C23H24O9/c1-13(24)15-5-9-17(10-6-15)31-23-22(29)21(28)20(27)18(32-23)12-30-19(26)11-4-14-2-7-16(25)8-3-14/h2-11,18,20-23,25,27-29H,12H2,1H3. The summed E-state index contributed by atoms with van der Waals surface area (Å²) in [7, 11) is 0. The van der Waals surface area contributed by atoms with E-state index in [0.29, 0.717) is 11.1 Å². The number of hydrogen-bond donors (Lipinski definition) is 4. The van der Waals surface area contributed by atoms with Crippen LogP contribution in [0.2, 0.25) is 0 Å². The Morgan fingerprint density at radius 3 is 2.25 bits per heavy atom. The summed E-state index contributed by atoms with van der Waals surface area (Å²) in [5.74, 6) is -0.465. The highest BCUT2D eigenvalue weighted by Gasteiger charge is 2.45. The first-order valence-electron chi connectivity index (χ1n) is 9.86. The molecule has 2 aromatic rings. The van der Waals surface area contributed by atoms with E-state index in [0.717, 1.165) is 6.08 Å². The second kappa shape index (κ2) is 10.4. The predicted octanol–water partition coefficient (Wildman–Crippen LogP) is 1.04. The number of esters is 1. The molecule has 0 saturated carbocycles. The molecule has 5 atom stereocenters. The molecule has 9 nitrogen and oxygen atoms in total. The van der Waals surface area contributed by atoms with Crippen LogP contribution in [0.25, 0.3) is 6.08 Å². The van der Waals surface area contributed by atoms with Crippen LogP contribution < -0.4 is 4.74 Å². The van der Waals surface area contributed by atoms with Crippen LogP contribution in [0, 0.1) is 0 Å². The molecule has 0 aliphatic carbocycles. The van der Waals surface area contributed by atoms with Crippen LogP contribution >= 0.6 is 0 Å². The highest BCUT2D eigenvalue weighted by Crippen LogP contribution is 2.25. The molecule has 32 heavy (non-hydrogen) atoms. The van der Waals surface area contributed by atoms with E-state index in [9.17, 15) is 30.0 Å². The van der Waals surface area contributed by atoms with E-state index >= 15 is 0 Å². The lowest BCUT2D eigenvalue weighted by molar-refractivity contribution is -0.278. The first-order valence-corrected chi connectivity index (χ1v) is 9.86. The molecule has 1 aliphatic heterocycles. The Morgan fingerprint density at radius 2 is 1.62 bits per heavy atom. The number of aliphatic hydroxyl groups excluding tert-OH is 3. The van der Waals surface area contributed by atoms with Crippen LogP contribution in [0.3, 0.4) is 0 Å². The molecule has 5 unspecified atom stereocenters. The fourth-order valence-electron chi connectivity index (χ4n) is 3.02. The van der Waals surface area contributed by atoms with Crippen molar-refractivity contribution in [2.24, 2.45) is 0 Å². The molecule has 0 spiro atoms. The summed E-state index contributed by atoms with van der Waals surface area (Å²) < 4.78 is 16.1. The lowest BCUT2D eigenvalue weighted by atomic mass is 9.99. The zero-order valence-corrected chi connectivity index (χ0v) is 17.2. The fourth-order valence-corrected chi connectivity index (χ4v) is 3.02. The van der Waals surface area contributed by atoms with Gasteiger partial charge in [-0.25, -0.2) is 4.79 Å². The molecule has 9 heteroatoms. The van der Waals surface area contributed by atoms with Crippen molar-refractivity contribution in [1.29, 1.82) is 0 Å². The van der Waals surface area contributed by atoms with Gasteiger partial charge < -0.3 is 34.6 Å². The van der Waals surface area contributed by atoms with Gasteiger partial charge in [-0.1, -0.05) is 12.1 Å². The van der Waals surface area contributed by atoms with Crippen molar-refractivity contribution in [3.8, 4) is 11.5 Å². The molecule has 0 bridgehead atoms. The molecule has 3 rings (SSSR count). The molecular weight excluding hydrogens is 420 g/mol. The summed E-state index contributed by atoms with van der Waals surface area (Å²) in [5.41, 5.74) is 1.14. The van der Waals surface area contributed by atoms with E-state index < -0.39 is 43.3 Å². The van der Waals surface area contributed by atoms with E-state index in [2.05, 4.69) is 0 Å². The summed E-state index contributed by atoms with van der Waals surface area (Å²) in [5, 5.41) is 39.8. The summed E-state index contributed by atoms with van der Waals surface area (Å²) in [6.07, 6.45) is -4.51. The van der Waals surface area contributed by atoms with E-state index in [4.69, 9.17) is 14.2 Å². The number of ketones is 1. The summed E-state index contributed by atoms with van der Waals surface area (Å²) >= 11 is 0. The number of aromatic hydroxyl groups is 1. The maximum absolute atomic E-state index is 12.0. The molecular formula is C23H24O9. The van der Waals surface area contributed by atoms with Crippen LogP contribution in [0.4, 0.5) is 0 Å². The van der Waals surface area contributed by atoms with Crippen LogP contribution in [0.5, 0.6) is 11.5 Å². The molecule has 1 saturated heterocycles. The van der Waals surface area contributed by atoms with Crippen molar-refractivity contribution in [3.05, 3.63) is 65.7 Å². The Hall–Kier alpha value is -3.24. The maximum Gasteiger partial charge on any atom is 0.330 e. The number of phenols is 1. The lowest BCUT2D eigenvalue weighted by Crippen LogP contribution is -2.60. The number of phenolic OH excluding ortho intramolecular Hbond substituents is 1. The first kappa shape index (κ1) is 23.4. The first-order chi connectivity index (χ1) is 15.2. The third-order valence-corrected chi connectivity index (χ3v) is 4.88. The third kappa shape index (κ3) is 5.92.